The number of thioether (sulfide) groups is 1. The first-order chi connectivity index (χ1) is 15.1. The average Bonchev–Trinajstić information content (AvgIpc) is 3.44. The quantitative estimate of drug-likeness (QED) is 0.479. The Kier molecular flexibility index (Phi) is 6.64. The first-order valence-corrected chi connectivity index (χ1v) is 11.5. The van der Waals surface area contributed by atoms with Crippen LogP contribution in [0.1, 0.15) is 50.6 Å². The number of anilines is 1. The Morgan fingerprint density at radius 1 is 1.32 bits per heavy atom. The van der Waals surface area contributed by atoms with Crippen molar-refractivity contribution in [1.82, 2.24) is 14.8 Å². The number of carbonyl (C=O) groups is 1. The lowest BCUT2D eigenvalue weighted by Crippen LogP contribution is -2.23. The molecule has 0 aliphatic heterocycles. The van der Waals surface area contributed by atoms with E-state index in [-0.39, 0.29) is 5.91 Å². The second kappa shape index (κ2) is 9.58. The van der Waals surface area contributed by atoms with Gasteiger partial charge in [-0.15, -0.1) is 10.2 Å². The van der Waals surface area contributed by atoms with E-state index >= 15 is 0 Å². The van der Waals surface area contributed by atoms with Crippen LogP contribution in [0.3, 0.4) is 0 Å². The van der Waals surface area contributed by atoms with E-state index < -0.39 is 5.25 Å². The van der Waals surface area contributed by atoms with Gasteiger partial charge in [0, 0.05) is 11.7 Å². The molecule has 0 saturated heterocycles. The summed E-state index contributed by atoms with van der Waals surface area (Å²) in [6.07, 6.45) is 7.32. The van der Waals surface area contributed by atoms with Crippen LogP contribution in [-0.2, 0) is 4.79 Å². The van der Waals surface area contributed by atoms with Gasteiger partial charge in [0.25, 0.3) is 0 Å². The molecule has 3 aromatic rings. The third kappa shape index (κ3) is 4.78. The summed E-state index contributed by atoms with van der Waals surface area (Å²) in [5, 5.41) is 21.2. The Balaban J connectivity index is 1.53. The van der Waals surface area contributed by atoms with E-state index in [0.29, 0.717) is 39.1 Å². The molecule has 4 rings (SSSR count). The molecule has 0 bridgehead atoms. The smallest absolute Gasteiger partial charge is 0.237 e. The number of furan rings is 1. The van der Waals surface area contributed by atoms with E-state index in [4.69, 9.17) is 21.3 Å². The SMILES string of the molecule is CC(Sc1nnc(-c2ccco2)n1C1CCCCC1)C(=O)Nc1ccc(C#N)c(Cl)c1. The minimum Gasteiger partial charge on any atom is -0.461 e. The van der Waals surface area contributed by atoms with Gasteiger partial charge in [0.2, 0.25) is 11.7 Å². The van der Waals surface area contributed by atoms with Gasteiger partial charge in [-0.3, -0.25) is 9.36 Å². The van der Waals surface area contributed by atoms with Crippen molar-refractivity contribution in [3.8, 4) is 17.7 Å². The summed E-state index contributed by atoms with van der Waals surface area (Å²) in [5.41, 5.74) is 0.916. The molecule has 1 aromatic carbocycles. The number of nitrogens with zero attached hydrogens (tertiary/aromatic N) is 4. The summed E-state index contributed by atoms with van der Waals surface area (Å²) in [7, 11) is 0. The molecule has 1 unspecified atom stereocenters. The van der Waals surface area contributed by atoms with Crippen LogP contribution in [0.15, 0.2) is 46.2 Å². The molecule has 1 amide bonds. The highest BCUT2D eigenvalue weighted by atomic mass is 35.5. The summed E-state index contributed by atoms with van der Waals surface area (Å²) in [6, 6.07) is 10.8. The number of hydrogen-bond acceptors (Lipinski definition) is 6. The minimum atomic E-state index is -0.412. The molecule has 2 heterocycles. The van der Waals surface area contributed by atoms with Crippen molar-refractivity contribution in [2.45, 2.75) is 55.5 Å². The Labute approximate surface area is 189 Å². The summed E-state index contributed by atoms with van der Waals surface area (Å²) in [6.45, 7) is 1.83. The van der Waals surface area contributed by atoms with E-state index in [1.54, 1.807) is 24.5 Å². The molecule has 1 saturated carbocycles. The van der Waals surface area contributed by atoms with Crippen LogP contribution >= 0.6 is 23.4 Å². The predicted molar refractivity (Wildman–Crippen MR) is 120 cm³/mol. The lowest BCUT2D eigenvalue weighted by atomic mass is 9.95. The Morgan fingerprint density at radius 3 is 2.81 bits per heavy atom. The van der Waals surface area contributed by atoms with Gasteiger partial charge in [0.1, 0.15) is 6.07 Å². The van der Waals surface area contributed by atoms with Crippen LogP contribution in [0.4, 0.5) is 5.69 Å². The van der Waals surface area contributed by atoms with E-state index in [9.17, 15) is 4.79 Å². The third-order valence-corrected chi connectivity index (χ3v) is 6.72. The van der Waals surface area contributed by atoms with Crippen molar-refractivity contribution < 1.29 is 9.21 Å². The molecule has 0 radical (unpaired) electrons. The number of hydrogen-bond donors (Lipinski definition) is 1. The van der Waals surface area contributed by atoms with Gasteiger partial charge < -0.3 is 9.73 Å². The van der Waals surface area contributed by atoms with Crippen LogP contribution in [0.2, 0.25) is 5.02 Å². The summed E-state index contributed by atoms with van der Waals surface area (Å²) in [4.78, 5) is 12.8. The number of carbonyl (C=O) groups excluding carboxylic acids is 1. The highest BCUT2D eigenvalue weighted by Gasteiger charge is 2.27. The van der Waals surface area contributed by atoms with E-state index in [0.717, 1.165) is 12.8 Å². The largest absolute Gasteiger partial charge is 0.461 e. The topological polar surface area (TPSA) is 96.7 Å². The average molecular weight is 456 g/mol. The third-order valence-electron chi connectivity index (χ3n) is 5.35. The number of amides is 1. The van der Waals surface area contributed by atoms with Crippen LogP contribution in [0, 0.1) is 11.3 Å². The van der Waals surface area contributed by atoms with E-state index in [1.807, 2.05) is 25.1 Å². The van der Waals surface area contributed by atoms with E-state index in [2.05, 4.69) is 20.1 Å². The van der Waals surface area contributed by atoms with Crippen molar-refractivity contribution >= 4 is 35.0 Å². The molecular formula is C22H22ClN5O2S. The first kappa shape index (κ1) is 21.5. The maximum atomic E-state index is 12.8. The lowest BCUT2D eigenvalue weighted by molar-refractivity contribution is -0.115. The standard InChI is InChI=1S/C22H22ClN5O2S/c1-14(21(29)25-16-10-9-15(13-24)18(23)12-16)31-22-27-26-20(19-8-5-11-30-19)28(22)17-6-3-2-4-7-17/h5,8-12,14,17H,2-4,6-7H2,1H3,(H,25,29). The molecule has 9 heteroatoms. The zero-order valence-corrected chi connectivity index (χ0v) is 18.6. The van der Waals surface area contributed by atoms with Crippen LogP contribution in [-0.4, -0.2) is 25.9 Å². The molecule has 2 aromatic heterocycles. The van der Waals surface area contributed by atoms with Crippen LogP contribution in [0.25, 0.3) is 11.6 Å². The molecule has 1 aliphatic rings. The predicted octanol–water partition coefficient (Wildman–Crippen LogP) is 5.69. The molecule has 31 heavy (non-hydrogen) atoms. The van der Waals surface area contributed by atoms with Crippen molar-refractivity contribution in [3.63, 3.8) is 0 Å². The fraction of sp³-hybridized carbons (Fsp3) is 0.364. The number of halogens is 1. The Morgan fingerprint density at radius 2 is 2.13 bits per heavy atom. The fourth-order valence-electron chi connectivity index (χ4n) is 3.74. The summed E-state index contributed by atoms with van der Waals surface area (Å²) >= 11 is 7.44. The Hall–Kier alpha value is -2.76. The van der Waals surface area contributed by atoms with Gasteiger partial charge in [-0.05, 0) is 50.1 Å². The molecule has 1 aliphatic carbocycles. The first-order valence-electron chi connectivity index (χ1n) is 10.2. The minimum absolute atomic E-state index is 0.177. The van der Waals surface area contributed by atoms with Gasteiger partial charge in [0.05, 0.1) is 22.1 Å². The number of nitrogens with one attached hydrogen (secondary N) is 1. The van der Waals surface area contributed by atoms with Gasteiger partial charge >= 0.3 is 0 Å². The molecule has 1 atom stereocenters. The Bertz CT molecular complexity index is 1100. The number of rotatable bonds is 6. The van der Waals surface area contributed by atoms with Crippen molar-refractivity contribution in [3.05, 3.63) is 47.2 Å². The summed E-state index contributed by atoms with van der Waals surface area (Å²) in [5.74, 6) is 1.20. The maximum Gasteiger partial charge on any atom is 0.237 e. The fourth-order valence-corrected chi connectivity index (χ4v) is 4.88. The zero-order valence-electron chi connectivity index (χ0n) is 17.0. The molecule has 7 nitrogen and oxygen atoms in total. The van der Waals surface area contributed by atoms with Gasteiger partial charge in [-0.2, -0.15) is 5.26 Å². The van der Waals surface area contributed by atoms with Gasteiger partial charge in [0.15, 0.2) is 10.9 Å². The van der Waals surface area contributed by atoms with Crippen LogP contribution < -0.4 is 5.32 Å². The number of nitriles is 1. The van der Waals surface area contributed by atoms with E-state index in [1.165, 1.54) is 31.0 Å². The maximum absolute atomic E-state index is 12.8. The lowest BCUT2D eigenvalue weighted by Gasteiger charge is -2.25. The normalized spacial score (nSPS) is 15.4. The zero-order chi connectivity index (χ0) is 21.8. The van der Waals surface area contributed by atoms with Crippen LogP contribution in [0.5, 0.6) is 0 Å². The summed E-state index contributed by atoms with van der Waals surface area (Å²) < 4.78 is 7.71. The molecule has 1 fully saturated rings. The highest BCUT2D eigenvalue weighted by molar-refractivity contribution is 8.00. The second-order valence-corrected chi connectivity index (χ2v) is 9.22. The van der Waals surface area contributed by atoms with Crippen molar-refractivity contribution in [2.24, 2.45) is 0 Å². The van der Waals surface area contributed by atoms with Crippen molar-refractivity contribution in [1.29, 1.82) is 5.26 Å². The van der Waals surface area contributed by atoms with Gasteiger partial charge in [-0.1, -0.05) is 42.6 Å². The second-order valence-electron chi connectivity index (χ2n) is 7.50. The highest BCUT2D eigenvalue weighted by Crippen LogP contribution is 2.36. The molecular weight excluding hydrogens is 434 g/mol. The molecule has 160 valence electrons. The number of aromatic nitrogens is 3. The monoisotopic (exact) mass is 455 g/mol. The van der Waals surface area contributed by atoms with Gasteiger partial charge in [-0.25, -0.2) is 0 Å². The molecule has 0 spiro atoms. The number of benzene rings is 1. The van der Waals surface area contributed by atoms with Crippen molar-refractivity contribution in [2.75, 3.05) is 5.32 Å². The molecule has 1 N–H and O–H groups in total.